The number of carbonyl (C=O) groups is 2. The smallest absolute Gasteiger partial charge is 0.324 e. The third kappa shape index (κ3) is 6.03. The SMILES string of the molecule is CC(=O)OC(C[N+](C)(C)C)C(N)C(=O)O. The van der Waals surface area contributed by atoms with E-state index < -0.39 is 24.1 Å². The molecule has 0 aliphatic heterocycles. The van der Waals surface area contributed by atoms with Crippen molar-refractivity contribution in [1.29, 1.82) is 0 Å². The first-order valence-corrected chi connectivity index (χ1v) is 4.59. The summed E-state index contributed by atoms with van der Waals surface area (Å²) in [5.41, 5.74) is 5.43. The molecule has 0 fully saturated rings. The van der Waals surface area contributed by atoms with Gasteiger partial charge in [0.25, 0.3) is 0 Å². The van der Waals surface area contributed by atoms with Crippen molar-refractivity contribution in [1.82, 2.24) is 0 Å². The van der Waals surface area contributed by atoms with Gasteiger partial charge in [-0.25, -0.2) is 0 Å². The normalized spacial score (nSPS) is 15.5. The molecule has 6 nitrogen and oxygen atoms in total. The highest BCUT2D eigenvalue weighted by Gasteiger charge is 2.31. The van der Waals surface area contributed by atoms with Gasteiger partial charge < -0.3 is 20.1 Å². The Hall–Kier alpha value is -1.14. The number of nitrogens with zero attached hydrogens (tertiary/aromatic N) is 1. The van der Waals surface area contributed by atoms with Crippen molar-refractivity contribution in [3.8, 4) is 0 Å². The van der Waals surface area contributed by atoms with Gasteiger partial charge in [-0.3, -0.25) is 9.59 Å². The molecule has 0 radical (unpaired) electrons. The van der Waals surface area contributed by atoms with Crippen molar-refractivity contribution >= 4 is 11.9 Å². The van der Waals surface area contributed by atoms with Gasteiger partial charge >= 0.3 is 11.9 Å². The number of hydrogen-bond donors (Lipinski definition) is 2. The first-order valence-electron chi connectivity index (χ1n) is 4.59. The lowest BCUT2D eigenvalue weighted by molar-refractivity contribution is -0.873. The van der Waals surface area contributed by atoms with E-state index in [-0.39, 0.29) is 0 Å². The largest absolute Gasteiger partial charge is 0.480 e. The molecular weight excluding hydrogens is 200 g/mol. The molecule has 15 heavy (non-hydrogen) atoms. The number of likely N-dealkylation sites (N-methyl/N-ethyl adjacent to an activating group) is 1. The Bertz CT molecular complexity index is 247. The molecule has 0 heterocycles. The Balaban J connectivity index is 4.58. The molecule has 0 aromatic rings. The van der Waals surface area contributed by atoms with Crippen molar-refractivity contribution in [3.05, 3.63) is 0 Å². The van der Waals surface area contributed by atoms with Crippen LogP contribution in [-0.4, -0.2) is 61.4 Å². The minimum Gasteiger partial charge on any atom is -0.480 e. The lowest BCUT2D eigenvalue weighted by atomic mass is 10.1. The maximum atomic E-state index is 10.8. The molecule has 2 atom stereocenters. The first kappa shape index (κ1) is 13.9. The molecule has 6 heteroatoms. The summed E-state index contributed by atoms with van der Waals surface area (Å²) in [6.07, 6.45) is -0.806. The van der Waals surface area contributed by atoms with Crippen LogP contribution < -0.4 is 5.73 Å². The number of carbonyl (C=O) groups excluding carboxylic acids is 1. The molecule has 0 saturated heterocycles. The Morgan fingerprint density at radius 1 is 1.40 bits per heavy atom. The number of ether oxygens (including phenoxy) is 1. The van der Waals surface area contributed by atoms with Crippen LogP contribution in [0.3, 0.4) is 0 Å². The van der Waals surface area contributed by atoms with Crippen molar-refractivity contribution in [2.75, 3.05) is 27.7 Å². The fourth-order valence-electron chi connectivity index (χ4n) is 1.14. The lowest BCUT2D eigenvalue weighted by Gasteiger charge is -2.30. The van der Waals surface area contributed by atoms with Crippen molar-refractivity contribution < 1.29 is 23.9 Å². The number of hydrogen-bond acceptors (Lipinski definition) is 4. The van der Waals surface area contributed by atoms with Gasteiger partial charge in [0, 0.05) is 6.92 Å². The van der Waals surface area contributed by atoms with E-state index in [9.17, 15) is 9.59 Å². The van der Waals surface area contributed by atoms with E-state index in [1.54, 1.807) is 0 Å². The zero-order chi connectivity index (χ0) is 12.2. The van der Waals surface area contributed by atoms with E-state index in [0.717, 1.165) is 0 Å². The van der Waals surface area contributed by atoms with Crippen LogP contribution in [0.1, 0.15) is 6.92 Å². The first-order chi connectivity index (χ1) is 6.63. The maximum absolute atomic E-state index is 10.8. The molecule has 88 valence electrons. The van der Waals surface area contributed by atoms with Crippen LogP contribution >= 0.6 is 0 Å². The molecule has 2 unspecified atom stereocenters. The van der Waals surface area contributed by atoms with Crippen LogP contribution in [0.15, 0.2) is 0 Å². The quantitative estimate of drug-likeness (QED) is 0.459. The summed E-state index contributed by atoms with van der Waals surface area (Å²) < 4.78 is 5.36. The minimum absolute atomic E-state index is 0.354. The topological polar surface area (TPSA) is 89.6 Å². The van der Waals surface area contributed by atoms with E-state index in [4.69, 9.17) is 15.6 Å². The maximum Gasteiger partial charge on any atom is 0.324 e. The number of quaternary nitrogens is 1. The third-order valence-electron chi connectivity index (χ3n) is 1.73. The second-order valence-corrected chi connectivity index (χ2v) is 4.48. The second kappa shape index (κ2) is 5.09. The lowest BCUT2D eigenvalue weighted by Crippen LogP contribution is -2.53. The van der Waals surface area contributed by atoms with Crippen LogP contribution in [0, 0.1) is 0 Å². The van der Waals surface area contributed by atoms with Crippen molar-refractivity contribution in [3.63, 3.8) is 0 Å². The molecule has 0 spiro atoms. The highest BCUT2D eigenvalue weighted by molar-refractivity contribution is 5.75. The Morgan fingerprint density at radius 2 is 1.87 bits per heavy atom. The van der Waals surface area contributed by atoms with Gasteiger partial charge in [-0.15, -0.1) is 0 Å². The molecule has 0 rings (SSSR count). The number of nitrogens with two attached hydrogens (primary N) is 1. The Morgan fingerprint density at radius 3 is 2.13 bits per heavy atom. The fourth-order valence-corrected chi connectivity index (χ4v) is 1.14. The monoisotopic (exact) mass is 219 g/mol. The van der Waals surface area contributed by atoms with Gasteiger partial charge in [0.15, 0.2) is 6.10 Å². The van der Waals surface area contributed by atoms with Crippen LogP contribution in [0.4, 0.5) is 0 Å². The minimum atomic E-state index is -1.19. The van der Waals surface area contributed by atoms with E-state index in [1.165, 1.54) is 6.92 Å². The standard InChI is InChI=1S/C9H18N2O4/c1-6(12)15-7(5-11(2,3)4)8(10)9(13)14/h7-8H,5,10H2,1-4H3/p+1. The summed E-state index contributed by atoms with van der Waals surface area (Å²) in [7, 11) is 5.60. The van der Waals surface area contributed by atoms with Crippen molar-refractivity contribution in [2.45, 2.75) is 19.1 Å². The van der Waals surface area contributed by atoms with Gasteiger partial charge in [0.05, 0.1) is 21.1 Å². The number of aliphatic carboxylic acids is 1. The molecule has 0 saturated carbocycles. The summed E-state index contributed by atoms with van der Waals surface area (Å²) >= 11 is 0. The molecule has 0 aliphatic carbocycles. The predicted octanol–water partition coefficient (Wildman–Crippen LogP) is -0.964. The molecule has 3 N–H and O–H groups in total. The van der Waals surface area contributed by atoms with E-state index >= 15 is 0 Å². The summed E-state index contributed by atoms with van der Waals surface area (Å²) in [6.45, 7) is 1.59. The van der Waals surface area contributed by atoms with Crippen LogP contribution in [0.2, 0.25) is 0 Å². The molecular formula is C9H19N2O4+. The highest BCUT2D eigenvalue weighted by atomic mass is 16.5. The third-order valence-corrected chi connectivity index (χ3v) is 1.73. The summed E-state index contributed by atoms with van der Waals surface area (Å²) in [5, 5.41) is 8.74. The van der Waals surface area contributed by atoms with Crippen LogP contribution in [0.25, 0.3) is 0 Å². The van der Waals surface area contributed by atoms with Gasteiger partial charge in [0.2, 0.25) is 0 Å². The zero-order valence-electron chi connectivity index (χ0n) is 9.56. The Labute approximate surface area is 89.2 Å². The number of rotatable bonds is 5. The highest BCUT2D eigenvalue weighted by Crippen LogP contribution is 2.04. The number of carboxylic acids is 1. The van der Waals surface area contributed by atoms with E-state index in [0.29, 0.717) is 11.0 Å². The average Bonchev–Trinajstić information content (AvgIpc) is 1.97. The fraction of sp³-hybridized carbons (Fsp3) is 0.778. The Kier molecular flexibility index (Phi) is 4.70. The van der Waals surface area contributed by atoms with Gasteiger partial charge in [-0.05, 0) is 0 Å². The summed E-state index contributed by atoms with van der Waals surface area (Å²) in [4.78, 5) is 21.5. The molecule has 0 amide bonds. The van der Waals surface area contributed by atoms with E-state index in [1.807, 2.05) is 21.1 Å². The van der Waals surface area contributed by atoms with Gasteiger partial charge in [-0.1, -0.05) is 0 Å². The van der Waals surface area contributed by atoms with E-state index in [2.05, 4.69) is 0 Å². The molecule has 0 aromatic carbocycles. The second-order valence-electron chi connectivity index (χ2n) is 4.48. The zero-order valence-corrected chi connectivity index (χ0v) is 9.56. The summed E-state index contributed by atoms with van der Waals surface area (Å²) in [6, 6.07) is -1.19. The predicted molar refractivity (Wildman–Crippen MR) is 54.1 cm³/mol. The molecule has 0 aliphatic rings. The summed E-state index contributed by atoms with van der Waals surface area (Å²) in [5.74, 6) is -1.69. The van der Waals surface area contributed by atoms with Crippen molar-refractivity contribution in [2.24, 2.45) is 5.73 Å². The molecule has 0 bridgehead atoms. The van der Waals surface area contributed by atoms with Gasteiger partial charge in [-0.2, -0.15) is 0 Å². The van der Waals surface area contributed by atoms with Crippen LogP contribution in [-0.2, 0) is 14.3 Å². The van der Waals surface area contributed by atoms with Crippen LogP contribution in [0.5, 0.6) is 0 Å². The van der Waals surface area contributed by atoms with Gasteiger partial charge in [0.1, 0.15) is 12.6 Å². The number of carboxylic acid groups (broad SMARTS) is 1. The number of esters is 1. The molecule has 0 aromatic heterocycles. The average molecular weight is 219 g/mol.